The van der Waals surface area contributed by atoms with Crippen molar-refractivity contribution in [2.75, 3.05) is 0 Å². The first-order chi connectivity index (χ1) is 9.61. The van der Waals surface area contributed by atoms with Crippen molar-refractivity contribution < 1.29 is 14.5 Å². The molecule has 0 aliphatic rings. The van der Waals surface area contributed by atoms with Crippen molar-refractivity contribution in [3.05, 3.63) is 64.2 Å². The second kappa shape index (κ2) is 5.81. The smallest absolute Gasteiger partial charge is 0.270 e. The summed E-state index contributed by atoms with van der Waals surface area (Å²) in [6, 6.07) is 12.5. The van der Waals surface area contributed by atoms with Crippen LogP contribution in [0.4, 0.5) is 5.69 Å². The Bertz CT molecular complexity index is 643. The second-order valence-corrected chi connectivity index (χ2v) is 3.83. The molecule has 3 N–H and O–H groups in total. The van der Waals surface area contributed by atoms with Gasteiger partial charge in [-0.15, -0.1) is 0 Å². The molecule has 2 rings (SSSR count). The normalized spacial score (nSPS) is 9.85. The Kier molecular flexibility index (Phi) is 3.92. The lowest BCUT2D eigenvalue weighted by molar-refractivity contribution is -0.384. The van der Waals surface area contributed by atoms with E-state index in [1.165, 1.54) is 12.1 Å². The number of carbonyl (C=O) groups is 1. The van der Waals surface area contributed by atoms with Crippen molar-refractivity contribution in [1.82, 2.24) is 5.43 Å². The molecule has 0 aliphatic carbocycles. The molecule has 0 aromatic heterocycles. The standard InChI is InChI=1S/C13H11N3O4/c14-15-13(17)11-8-9(16(18)19)6-7-12(11)20-10-4-2-1-3-5-10/h1-8H,14H2,(H,15,17). The van der Waals surface area contributed by atoms with Crippen molar-refractivity contribution >= 4 is 11.6 Å². The molecular formula is C13H11N3O4. The van der Waals surface area contributed by atoms with Crippen LogP contribution in [0.2, 0.25) is 0 Å². The van der Waals surface area contributed by atoms with Gasteiger partial charge >= 0.3 is 0 Å². The molecule has 7 heteroatoms. The maximum absolute atomic E-state index is 11.7. The molecule has 0 spiro atoms. The number of amides is 1. The molecule has 0 saturated carbocycles. The molecule has 20 heavy (non-hydrogen) atoms. The van der Waals surface area contributed by atoms with Gasteiger partial charge in [0.05, 0.1) is 10.5 Å². The highest BCUT2D eigenvalue weighted by Gasteiger charge is 2.17. The average molecular weight is 273 g/mol. The number of non-ortho nitro benzene ring substituents is 1. The Morgan fingerprint density at radius 3 is 2.50 bits per heavy atom. The predicted molar refractivity (Wildman–Crippen MR) is 71.3 cm³/mol. The van der Waals surface area contributed by atoms with E-state index in [-0.39, 0.29) is 17.0 Å². The fourth-order valence-electron chi connectivity index (χ4n) is 1.59. The highest BCUT2D eigenvalue weighted by atomic mass is 16.6. The Hall–Kier alpha value is -2.93. The highest BCUT2D eigenvalue weighted by Crippen LogP contribution is 2.28. The summed E-state index contributed by atoms with van der Waals surface area (Å²) >= 11 is 0. The van der Waals surface area contributed by atoms with Crippen LogP contribution < -0.4 is 16.0 Å². The van der Waals surface area contributed by atoms with Crippen LogP contribution in [0.1, 0.15) is 10.4 Å². The van der Waals surface area contributed by atoms with Gasteiger partial charge in [0.1, 0.15) is 11.5 Å². The summed E-state index contributed by atoms with van der Waals surface area (Å²) < 4.78 is 5.53. The number of nitrogens with two attached hydrogens (primary N) is 1. The molecule has 0 radical (unpaired) electrons. The summed E-state index contributed by atoms with van der Waals surface area (Å²) in [7, 11) is 0. The van der Waals surface area contributed by atoms with Crippen LogP contribution in [0.25, 0.3) is 0 Å². The van der Waals surface area contributed by atoms with Crippen molar-refractivity contribution in [3.63, 3.8) is 0 Å². The first-order valence-corrected chi connectivity index (χ1v) is 5.64. The van der Waals surface area contributed by atoms with Gasteiger partial charge < -0.3 is 4.74 Å². The number of nitrogen functional groups attached to an aromatic ring is 1. The van der Waals surface area contributed by atoms with Gasteiger partial charge in [0, 0.05) is 12.1 Å². The van der Waals surface area contributed by atoms with Crippen LogP contribution in [0.5, 0.6) is 11.5 Å². The second-order valence-electron chi connectivity index (χ2n) is 3.83. The lowest BCUT2D eigenvalue weighted by atomic mass is 10.1. The van der Waals surface area contributed by atoms with Crippen molar-refractivity contribution in [2.24, 2.45) is 5.84 Å². The van der Waals surface area contributed by atoms with Gasteiger partial charge in [0.2, 0.25) is 0 Å². The van der Waals surface area contributed by atoms with Crippen LogP contribution in [-0.4, -0.2) is 10.8 Å². The Morgan fingerprint density at radius 1 is 1.20 bits per heavy atom. The lowest BCUT2D eigenvalue weighted by Crippen LogP contribution is -2.30. The van der Waals surface area contributed by atoms with Gasteiger partial charge in [-0.2, -0.15) is 0 Å². The molecule has 102 valence electrons. The summed E-state index contributed by atoms with van der Waals surface area (Å²) in [5.41, 5.74) is 1.70. The molecule has 0 unspecified atom stereocenters. The largest absolute Gasteiger partial charge is 0.457 e. The van der Waals surface area contributed by atoms with E-state index in [1.807, 2.05) is 11.5 Å². The quantitative estimate of drug-likeness (QED) is 0.383. The molecule has 0 atom stereocenters. The first kappa shape index (κ1) is 13.5. The number of benzene rings is 2. The number of rotatable bonds is 4. The Morgan fingerprint density at radius 2 is 1.90 bits per heavy atom. The topological polar surface area (TPSA) is 107 Å². The minimum absolute atomic E-state index is 0.00875. The molecule has 0 heterocycles. The summed E-state index contributed by atoms with van der Waals surface area (Å²) in [5.74, 6) is 5.09. The number of para-hydroxylation sites is 1. The number of hydrazine groups is 1. The minimum atomic E-state index is -0.667. The number of ether oxygens (including phenoxy) is 1. The molecule has 0 fully saturated rings. The van der Waals surface area contributed by atoms with Crippen molar-refractivity contribution in [2.45, 2.75) is 0 Å². The number of carbonyl (C=O) groups excluding carboxylic acids is 1. The average Bonchev–Trinajstić information content (AvgIpc) is 2.47. The van der Waals surface area contributed by atoms with E-state index in [9.17, 15) is 14.9 Å². The third kappa shape index (κ3) is 2.90. The number of nitro groups is 1. The number of hydrogen-bond donors (Lipinski definition) is 2. The Labute approximate surface area is 114 Å². The van der Waals surface area contributed by atoms with Crippen LogP contribution in [0.3, 0.4) is 0 Å². The first-order valence-electron chi connectivity index (χ1n) is 5.64. The zero-order valence-electron chi connectivity index (χ0n) is 10.3. The number of nitro benzene ring substituents is 1. The maximum Gasteiger partial charge on any atom is 0.270 e. The van der Waals surface area contributed by atoms with Crippen molar-refractivity contribution in [3.8, 4) is 11.5 Å². The fourth-order valence-corrected chi connectivity index (χ4v) is 1.59. The van der Waals surface area contributed by atoms with Gasteiger partial charge in [-0.05, 0) is 18.2 Å². The zero-order chi connectivity index (χ0) is 14.5. The van der Waals surface area contributed by atoms with Gasteiger partial charge in [-0.3, -0.25) is 20.3 Å². The van der Waals surface area contributed by atoms with Crippen molar-refractivity contribution in [1.29, 1.82) is 0 Å². The molecule has 0 saturated heterocycles. The fraction of sp³-hybridized carbons (Fsp3) is 0. The van der Waals surface area contributed by atoms with Gasteiger partial charge in [-0.25, -0.2) is 5.84 Å². The summed E-state index contributed by atoms with van der Waals surface area (Å²) in [6.45, 7) is 0. The molecular weight excluding hydrogens is 262 g/mol. The molecule has 1 amide bonds. The summed E-state index contributed by atoms with van der Waals surface area (Å²) in [6.07, 6.45) is 0. The van der Waals surface area contributed by atoms with E-state index in [1.54, 1.807) is 24.3 Å². The van der Waals surface area contributed by atoms with E-state index in [0.717, 1.165) is 6.07 Å². The maximum atomic E-state index is 11.7. The van der Waals surface area contributed by atoms with Gasteiger partial charge in [0.25, 0.3) is 11.6 Å². The van der Waals surface area contributed by atoms with E-state index in [0.29, 0.717) is 5.75 Å². The number of nitrogens with zero attached hydrogens (tertiary/aromatic N) is 1. The van der Waals surface area contributed by atoms with E-state index >= 15 is 0 Å². The van der Waals surface area contributed by atoms with Crippen LogP contribution in [0, 0.1) is 10.1 Å². The number of nitrogens with one attached hydrogen (secondary N) is 1. The van der Waals surface area contributed by atoms with Gasteiger partial charge in [0.15, 0.2) is 0 Å². The van der Waals surface area contributed by atoms with Crippen LogP contribution >= 0.6 is 0 Å². The Balaban J connectivity index is 2.41. The summed E-state index contributed by atoms with van der Waals surface area (Å²) in [5, 5.41) is 10.7. The van der Waals surface area contributed by atoms with Crippen LogP contribution in [-0.2, 0) is 0 Å². The minimum Gasteiger partial charge on any atom is -0.457 e. The highest BCUT2D eigenvalue weighted by molar-refractivity contribution is 5.97. The predicted octanol–water partition coefficient (Wildman–Crippen LogP) is 1.99. The number of hydrogen-bond acceptors (Lipinski definition) is 5. The SMILES string of the molecule is NNC(=O)c1cc([N+](=O)[O-])ccc1Oc1ccccc1. The molecule has 0 bridgehead atoms. The summed E-state index contributed by atoms with van der Waals surface area (Å²) in [4.78, 5) is 21.8. The monoisotopic (exact) mass is 273 g/mol. The molecule has 0 aliphatic heterocycles. The molecule has 2 aromatic carbocycles. The zero-order valence-corrected chi connectivity index (χ0v) is 10.3. The van der Waals surface area contributed by atoms with E-state index in [2.05, 4.69) is 0 Å². The molecule has 2 aromatic rings. The third-order valence-corrected chi connectivity index (χ3v) is 2.52. The van der Waals surface area contributed by atoms with E-state index in [4.69, 9.17) is 10.6 Å². The lowest BCUT2D eigenvalue weighted by Gasteiger charge is -2.09. The van der Waals surface area contributed by atoms with Crippen LogP contribution in [0.15, 0.2) is 48.5 Å². The van der Waals surface area contributed by atoms with Gasteiger partial charge in [-0.1, -0.05) is 18.2 Å². The third-order valence-electron chi connectivity index (χ3n) is 2.52. The van der Waals surface area contributed by atoms with E-state index < -0.39 is 10.8 Å². The molecule has 7 nitrogen and oxygen atoms in total.